The molecule has 0 fully saturated rings. The average molecular weight is 508 g/mol. The molecule has 0 atom stereocenters. The molecule has 0 unspecified atom stereocenters. The van der Waals surface area contributed by atoms with Crippen molar-refractivity contribution in [3.05, 3.63) is 125 Å². The molecule has 1 amide bonds. The Morgan fingerprint density at radius 2 is 1.37 bits per heavy atom. The number of carbonyl (C=O) groups excluding carboxylic acids is 3. The SMILES string of the molecule is Cc1cccc(NCC(=O)N/N=C/c2ccc(OC(=O)c3ccccc3)c(OC(=O)c3ccccc3)c2)c1. The highest BCUT2D eigenvalue weighted by Gasteiger charge is 2.17. The van der Waals surface area contributed by atoms with E-state index in [1.807, 2.05) is 31.2 Å². The van der Waals surface area contributed by atoms with E-state index in [9.17, 15) is 14.4 Å². The van der Waals surface area contributed by atoms with Crippen molar-refractivity contribution < 1.29 is 23.9 Å². The van der Waals surface area contributed by atoms with Gasteiger partial charge in [-0.25, -0.2) is 15.0 Å². The predicted octanol–water partition coefficient (Wildman–Crippen LogP) is 5.00. The molecule has 0 aromatic heterocycles. The van der Waals surface area contributed by atoms with Gasteiger partial charge in [-0.05, 0) is 72.6 Å². The Labute approximate surface area is 219 Å². The molecule has 0 bridgehead atoms. The highest BCUT2D eigenvalue weighted by atomic mass is 16.6. The number of anilines is 1. The Morgan fingerprint density at radius 3 is 2.00 bits per heavy atom. The number of nitrogens with one attached hydrogen (secondary N) is 2. The third-order valence-corrected chi connectivity index (χ3v) is 5.27. The lowest BCUT2D eigenvalue weighted by atomic mass is 10.2. The quantitative estimate of drug-likeness (QED) is 0.143. The lowest BCUT2D eigenvalue weighted by Crippen LogP contribution is -2.25. The molecule has 4 aromatic rings. The van der Waals surface area contributed by atoms with Crippen LogP contribution >= 0.6 is 0 Å². The van der Waals surface area contributed by atoms with Gasteiger partial charge in [0.15, 0.2) is 11.5 Å². The summed E-state index contributed by atoms with van der Waals surface area (Å²) >= 11 is 0. The molecular formula is C30H25N3O5. The Kier molecular flexibility index (Phi) is 8.60. The molecule has 0 aliphatic rings. The van der Waals surface area contributed by atoms with Crippen LogP contribution in [-0.2, 0) is 4.79 Å². The summed E-state index contributed by atoms with van der Waals surface area (Å²) in [5.41, 5.74) is 5.54. The Balaban J connectivity index is 1.46. The smallest absolute Gasteiger partial charge is 0.343 e. The number of esters is 2. The second kappa shape index (κ2) is 12.6. The van der Waals surface area contributed by atoms with Gasteiger partial charge >= 0.3 is 11.9 Å². The van der Waals surface area contributed by atoms with Crippen molar-refractivity contribution in [2.45, 2.75) is 6.92 Å². The molecule has 0 heterocycles. The van der Waals surface area contributed by atoms with Crippen LogP contribution in [0.5, 0.6) is 11.5 Å². The van der Waals surface area contributed by atoms with Crippen LogP contribution in [0.4, 0.5) is 5.69 Å². The zero-order valence-electron chi connectivity index (χ0n) is 20.6. The number of hydrogen-bond acceptors (Lipinski definition) is 7. The summed E-state index contributed by atoms with van der Waals surface area (Å²) in [7, 11) is 0. The van der Waals surface area contributed by atoms with Crippen molar-refractivity contribution in [2.24, 2.45) is 5.10 Å². The molecule has 38 heavy (non-hydrogen) atoms. The molecule has 0 saturated carbocycles. The summed E-state index contributed by atoms with van der Waals surface area (Å²) in [6, 6.07) is 29.2. The fourth-order valence-electron chi connectivity index (χ4n) is 3.39. The maximum absolute atomic E-state index is 12.7. The highest BCUT2D eigenvalue weighted by molar-refractivity contribution is 5.94. The van der Waals surface area contributed by atoms with Gasteiger partial charge in [-0.15, -0.1) is 0 Å². The number of nitrogens with zero attached hydrogens (tertiary/aromatic N) is 1. The van der Waals surface area contributed by atoms with Crippen LogP contribution in [0.15, 0.2) is 108 Å². The van der Waals surface area contributed by atoms with Crippen LogP contribution in [0, 0.1) is 6.92 Å². The molecule has 0 aliphatic carbocycles. The first-order valence-electron chi connectivity index (χ1n) is 11.8. The predicted molar refractivity (Wildman–Crippen MR) is 145 cm³/mol. The fraction of sp³-hybridized carbons (Fsp3) is 0.0667. The number of carbonyl (C=O) groups is 3. The van der Waals surface area contributed by atoms with E-state index in [1.165, 1.54) is 18.3 Å². The van der Waals surface area contributed by atoms with Crippen molar-refractivity contribution in [3.8, 4) is 11.5 Å². The van der Waals surface area contributed by atoms with E-state index in [1.54, 1.807) is 66.7 Å². The highest BCUT2D eigenvalue weighted by Crippen LogP contribution is 2.30. The number of hydrazone groups is 1. The zero-order valence-corrected chi connectivity index (χ0v) is 20.6. The van der Waals surface area contributed by atoms with Crippen LogP contribution in [0.2, 0.25) is 0 Å². The van der Waals surface area contributed by atoms with Gasteiger partial charge in [0.1, 0.15) is 0 Å². The van der Waals surface area contributed by atoms with E-state index in [0.29, 0.717) is 16.7 Å². The number of rotatable bonds is 9. The minimum Gasteiger partial charge on any atom is -0.419 e. The van der Waals surface area contributed by atoms with Gasteiger partial charge in [0.25, 0.3) is 5.91 Å². The van der Waals surface area contributed by atoms with Gasteiger partial charge in [0.2, 0.25) is 0 Å². The van der Waals surface area contributed by atoms with Gasteiger partial charge in [0.05, 0.1) is 23.9 Å². The first-order chi connectivity index (χ1) is 18.5. The summed E-state index contributed by atoms with van der Waals surface area (Å²) in [5, 5.41) is 7.00. The number of amides is 1. The van der Waals surface area contributed by atoms with E-state index in [-0.39, 0.29) is 24.0 Å². The molecule has 0 radical (unpaired) electrons. The number of hydrogen-bond donors (Lipinski definition) is 2. The summed E-state index contributed by atoms with van der Waals surface area (Å²) in [5.74, 6) is -1.47. The minimum atomic E-state index is -0.618. The maximum Gasteiger partial charge on any atom is 0.343 e. The number of aryl methyl sites for hydroxylation is 1. The summed E-state index contributed by atoms with van der Waals surface area (Å²) < 4.78 is 11.1. The van der Waals surface area contributed by atoms with Crippen LogP contribution in [0.25, 0.3) is 0 Å². The second-order valence-corrected chi connectivity index (χ2v) is 8.23. The Bertz CT molecular complexity index is 1450. The second-order valence-electron chi connectivity index (χ2n) is 8.23. The Hall–Kier alpha value is -5.24. The van der Waals surface area contributed by atoms with Crippen LogP contribution < -0.4 is 20.2 Å². The molecule has 0 spiro atoms. The topological polar surface area (TPSA) is 106 Å². The van der Waals surface area contributed by atoms with Crippen LogP contribution in [0.1, 0.15) is 31.8 Å². The van der Waals surface area contributed by atoms with E-state index in [2.05, 4.69) is 15.8 Å². The largest absolute Gasteiger partial charge is 0.419 e. The summed E-state index contributed by atoms with van der Waals surface area (Å²) in [4.78, 5) is 37.4. The normalized spacial score (nSPS) is 10.6. The molecule has 4 rings (SSSR count). The number of ether oxygens (including phenoxy) is 2. The van der Waals surface area contributed by atoms with E-state index >= 15 is 0 Å². The molecule has 190 valence electrons. The van der Waals surface area contributed by atoms with Crippen molar-refractivity contribution in [2.75, 3.05) is 11.9 Å². The first kappa shape index (κ1) is 25.8. The minimum absolute atomic E-state index is 0.0273. The van der Waals surface area contributed by atoms with Gasteiger partial charge in [-0.2, -0.15) is 5.10 Å². The summed E-state index contributed by atoms with van der Waals surface area (Å²) in [6.45, 7) is 2.00. The lowest BCUT2D eigenvalue weighted by molar-refractivity contribution is -0.119. The van der Waals surface area contributed by atoms with E-state index in [0.717, 1.165) is 11.3 Å². The van der Waals surface area contributed by atoms with Crippen molar-refractivity contribution in [3.63, 3.8) is 0 Å². The molecule has 8 nitrogen and oxygen atoms in total. The lowest BCUT2D eigenvalue weighted by Gasteiger charge is -2.11. The summed E-state index contributed by atoms with van der Waals surface area (Å²) in [6.07, 6.45) is 1.40. The molecule has 2 N–H and O–H groups in total. The molecule has 4 aromatic carbocycles. The number of benzene rings is 4. The molecule has 8 heteroatoms. The Morgan fingerprint density at radius 1 is 0.737 bits per heavy atom. The van der Waals surface area contributed by atoms with Gasteiger partial charge < -0.3 is 14.8 Å². The first-order valence-corrected chi connectivity index (χ1v) is 11.8. The van der Waals surface area contributed by atoms with Crippen molar-refractivity contribution in [1.29, 1.82) is 0 Å². The zero-order chi connectivity index (χ0) is 26.7. The van der Waals surface area contributed by atoms with Crippen LogP contribution in [-0.4, -0.2) is 30.6 Å². The third kappa shape index (κ3) is 7.38. The average Bonchev–Trinajstić information content (AvgIpc) is 2.94. The van der Waals surface area contributed by atoms with Gasteiger partial charge in [-0.3, -0.25) is 4.79 Å². The van der Waals surface area contributed by atoms with Crippen molar-refractivity contribution >= 4 is 29.7 Å². The molecular weight excluding hydrogens is 482 g/mol. The standard InChI is InChI=1S/C30H25N3O5/c1-21-9-8-14-25(17-21)31-20-28(34)33-32-19-22-15-16-26(37-29(35)23-10-4-2-5-11-23)27(18-22)38-30(36)24-12-6-3-7-13-24/h2-19,31H,20H2,1H3,(H,33,34)/b32-19+. The van der Waals surface area contributed by atoms with Gasteiger partial charge in [0, 0.05) is 5.69 Å². The van der Waals surface area contributed by atoms with Gasteiger partial charge in [-0.1, -0.05) is 48.5 Å². The van der Waals surface area contributed by atoms with Crippen molar-refractivity contribution in [1.82, 2.24) is 5.43 Å². The van der Waals surface area contributed by atoms with E-state index < -0.39 is 11.9 Å². The monoisotopic (exact) mass is 507 g/mol. The van der Waals surface area contributed by atoms with E-state index in [4.69, 9.17) is 9.47 Å². The molecule has 0 aliphatic heterocycles. The third-order valence-electron chi connectivity index (χ3n) is 5.27. The maximum atomic E-state index is 12.7. The molecule has 0 saturated heterocycles. The fourth-order valence-corrected chi connectivity index (χ4v) is 3.39. The van der Waals surface area contributed by atoms with Crippen LogP contribution in [0.3, 0.4) is 0 Å².